The Bertz CT molecular complexity index is 2760. The number of hydrogen-bond donors (Lipinski definition) is 2. The van der Waals surface area contributed by atoms with Crippen molar-refractivity contribution in [3.63, 3.8) is 0 Å². The van der Waals surface area contributed by atoms with Crippen LogP contribution >= 0.6 is 0 Å². The normalized spacial score (nSPS) is 16.0. The van der Waals surface area contributed by atoms with Crippen molar-refractivity contribution in [2.24, 2.45) is 4.99 Å². The zero-order valence-corrected chi connectivity index (χ0v) is 27.8. The van der Waals surface area contributed by atoms with Crippen LogP contribution < -0.4 is 10.6 Å². The fraction of sp³-hybridized carbons (Fsp3) is 0.0426. The molecule has 0 bridgehead atoms. The number of nitrogens with one attached hydrogen (secondary N) is 2. The van der Waals surface area contributed by atoms with Crippen LogP contribution in [0.2, 0.25) is 0 Å². The predicted octanol–water partition coefficient (Wildman–Crippen LogP) is 11.6. The molecule has 0 saturated heterocycles. The Hall–Kier alpha value is -6.49. The molecule has 51 heavy (non-hydrogen) atoms. The summed E-state index contributed by atoms with van der Waals surface area (Å²) in [6, 6.07) is 62.2. The summed E-state index contributed by atoms with van der Waals surface area (Å²) in [7, 11) is 0. The fourth-order valence-electron chi connectivity index (χ4n) is 7.54. The van der Waals surface area contributed by atoms with Crippen molar-refractivity contribution < 1.29 is 4.42 Å². The van der Waals surface area contributed by atoms with Gasteiger partial charge < -0.3 is 9.73 Å². The van der Waals surface area contributed by atoms with Crippen molar-refractivity contribution >= 4 is 49.3 Å². The van der Waals surface area contributed by atoms with Gasteiger partial charge in [-0.2, -0.15) is 0 Å². The SMILES string of the molecule is c1ccc(C2=NC(c3ccc(-c4ccc5ccccc5c4)cc3)NC(c3ccc(-c4ccc5ccccc5c4)c4oc5ccccc5c34)N2)cc1. The number of nitrogens with zero attached hydrogens (tertiary/aromatic N) is 1. The van der Waals surface area contributed by atoms with E-state index in [4.69, 9.17) is 9.41 Å². The van der Waals surface area contributed by atoms with Gasteiger partial charge >= 0.3 is 0 Å². The van der Waals surface area contributed by atoms with Gasteiger partial charge in [0.05, 0.1) is 0 Å². The summed E-state index contributed by atoms with van der Waals surface area (Å²) in [5.74, 6) is 0.850. The van der Waals surface area contributed by atoms with Gasteiger partial charge in [-0.3, -0.25) is 5.32 Å². The van der Waals surface area contributed by atoms with E-state index in [0.717, 1.165) is 55.6 Å². The summed E-state index contributed by atoms with van der Waals surface area (Å²) in [5.41, 5.74) is 9.59. The quantitative estimate of drug-likeness (QED) is 0.194. The van der Waals surface area contributed by atoms with E-state index in [1.807, 2.05) is 12.1 Å². The lowest BCUT2D eigenvalue weighted by Crippen LogP contribution is -2.45. The first-order chi connectivity index (χ1) is 25.2. The third-order valence-electron chi connectivity index (χ3n) is 10.2. The Morgan fingerprint density at radius 3 is 1.88 bits per heavy atom. The van der Waals surface area contributed by atoms with Crippen LogP contribution in [0.5, 0.6) is 0 Å². The number of fused-ring (bicyclic) bond motifs is 5. The highest BCUT2D eigenvalue weighted by molar-refractivity contribution is 6.12. The molecule has 2 unspecified atom stereocenters. The largest absolute Gasteiger partial charge is 0.455 e. The van der Waals surface area contributed by atoms with Crippen molar-refractivity contribution in [1.29, 1.82) is 0 Å². The molecule has 0 radical (unpaired) electrons. The summed E-state index contributed by atoms with van der Waals surface area (Å²) >= 11 is 0. The van der Waals surface area contributed by atoms with Crippen LogP contribution in [0.15, 0.2) is 185 Å². The molecule has 0 saturated carbocycles. The lowest BCUT2D eigenvalue weighted by molar-refractivity contribution is 0.411. The molecule has 1 aliphatic heterocycles. The van der Waals surface area contributed by atoms with Crippen molar-refractivity contribution in [1.82, 2.24) is 10.6 Å². The van der Waals surface area contributed by atoms with E-state index in [1.54, 1.807) is 0 Å². The topological polar surface area (TPSA) is 49.6 Å². The second-order valence-corrected chi connectivity index (χ2v) is 13.2. The van der Waals surface area contributed by atoms with E-state index in [2.05, 4.69) is 174 Å². The summed E-state index contributed by atoms with van der Waals surface area (Å²) in [5, 5.41) is 14.7. The predicted molar refractivity (Wildman–Crippen MR) is 211 cm³/mol. The maximum absolute atomic E-state index is 6.70. The fourth-order valence-corrected chi connectivity index (χ4v) is 7.54. The summed E-state index contributed by atoms with van der Waals surface area (Å²) in [6.45, 7) is 0. The first-order valence-electron chi connectivity index (χ1n) is 17.4. The number of rotatable bonds is 5. The highest BCUT2D eigenvalue weighted by Gasteiger charge is 2.29. The van der Waals surface area contributed by atoms with Gasteiger partial charge in [-0.05, 0) is 62.0 Å². The Balaban J connectivity index is 1.08. The Kier molecular flexibility index (Phi) is 7.00. The van der Waals surface area contributed by atoms with E-state index >= 15 is 0 Å². The van der Waals surface area contributed by atoms with Gasteiger partial charge in [0.15, 0.2) is 0 Å². The minimum Gasteiger partial charge on any atom is -0.455 e. The smallest absolute Gasteiger partial charge is 0.143 e. The first kappa shape index (κ1) is 29.4. The van der Waals surface area contributed by atoms with E-state index in [9.17, 15) is 0 Å². The third kappa shape index (κ3) is 5.25. The number of furan rings is 1. The molecule has 2 atom stereocenters. The molecule has 2 heterocycles. The Labute approximate surface area is 295 Å². The van der Waals surface area contributed by atoms with Gasteiger partial charge in [0, 0.05) is 27.5 Å². The minimum atomic E-state index is -0.273. The molecule has 0 aliphatic carbocycles. The van der Waals surface area contributed by atoms with Crippen LogP contribution in [0.25, 0.3) is 65.7 Å². The van der Waals surface area contributed by atoms with E-state index in [0.29, 0.717) is 0 Å². The van der Waals surface area contributed by atoms with Gasteiger partial charge in [0.25, 0.3) is 0 Å². The van der Waals surface area contributed by atoms with Crippen molar-refractivity contribution in [3.8, 4) is 22.3 Å². The Morgan fingerprint density at radius 1 is 0.490 bits per heavy atom. The van der Waals surface area contributed by atoms with Gasteiger partial charge in [-0.15, -0.1) is 0 Å². The van der Waals surface area contributed by atoms with Crippen molar-refractivity contribution in [2.75, 3.05) is 0 Å². The number of amidine groups is 1. The molecule has 0 fully saturated rings. The maximum Gasteiger partial charge on any atom is 0.143 e. The first-order valence-corrected chi connectivity index (χ1v) is 17.4. The lowest BCUT2D eigenvalue weighted by Gasteiger charge is -2.32. The van der Waals surface area contributed by atoms with Gasteiger partial charge in [-0.25, -0.2) is 4.99 Å². The zero-order valence-electron chi connectivity index (χ0n) is 27.8. The molecule has 8 aromatic carbocycles. The molecule has 9 aromatic rings. The lowest BCUT2D eigenvalue weighted by atomic mass is 9.95. The molecule has 4 nitrogen and oxygen atoms in total. The molecule has 2 N–H and O–H groups in total. The molecular formula is C47H33N3O. The molecular weight excluding hydrogens is 623 g/mol. The molecule has 4 heteroatoms. The monoisotopic (exact) mass is 655 g/mol. The molecule has 1 aromatic heterocycles. The number of hydrogen-bond acceptors (Lipinski definition) is 4. The number of benzene rings is 8. The molecule has 1 aliphatic rings. The maximum atomic E-state index is 6.70. The van der Waals surface area contributed by atoms with Crippen LogP contribution in [0.1, 0.15) is 29.0 Å². The van der Waals surface area contributed by atoms with Crippen LogP contribution in [-0.4, -0.2) is 5.84 Å². The average molecular weight is 656 g/mol. The van der Waals surface area contributed by atoms with Gasteiger partial charge in [0.2, 0.25) is 0 Å². The summed E-state index contributed by atoms with van der Waals surface area (Å²) < 4.78 is 6.70. The number of aliphatic imine (C=N–C) groups is 1. The Morgan fingerprint density at radius 2 is 1.12 bits per heavy atom. The van der Waals surface area contributed by atoms with Gasteiger partial charge in [0.1, 0.15) is 29.3 Å². The highest BCUT2D eigenvalue weighted by atomic mass is 16.3. The van der Waals surface area contributed by atoms with Crippen molar-refractivity contribution in [2.45, 2.75) is 12.3 Å². The number of para-hydroxylation sites is 1. The van der Waals surface area contributed by atoms with E-state index in [-0.39, 0.29) is 12.3 Å². The van der Waals surface area contributed by atoms with Gasteiger partial charge in [-0.1, -0.05) is 158 Å². The van der Waals surface area contributed by atoms with Crippen LogP contribution in [-0.2, 0) is 0 Å². The van der Waals surface area contributed by atoms with E-state index < -0.39 is 0 Å². The second-order valence-electron chi connectivity index (χ2n) is 13.2. The second kappa shape index (κ2) is 12.1. The van der Waals surface area contributed by atoms with Crippen LogP contribution in [0, 0.1) is 0 Å². The minimum absolute atomic E-state index is 0.239. The third-order valence-corrected chi connectivity index (χ3v) is 10.2. The van der Waals surface area contributed by atoms with E-state index in [1.165, 1.54) is 32.7 Å². The zero-order chi connectivity index (χ0) is 33.7. The summed E-state index contributed by atoms with van der Waals surface area (Å²) in [6.07, 6.45) is -0.512. The highest BCUT2D eigenvalue weighted by Crippen LogP contribution is 2.41. The molecule has 0 amide bonds. The average Bonchev–Trinajstić information content (AvgIpc) is 3.60. The summed E-state index contributed by atoms with van der Waals surface area (Å²) in [4.78, 5) is 5.24. The molecule has 10 rings (SSSR count). The molecule has 242 valence electrons. The van der Waals surface area contributed by atoms with Crippen LogP contribution in [0.4, 0.5) is 0 Å². The molecule has 0 spiro atoms. The standard InChI is InChI=1S/C47H33N3O/c1-2-12-33(13-3-1)45-48-46(34-22-18-32(19-23-34)37-24-20-30-10-4-6-14-35(30)28-37)50-47(49-45)41-27-26-39(38-25-21-31-11-5-7-15-36(31)29-38)44-43(41)40-16-8-9-17-42(40)51-44/h1-29,46-47,50H,(H,48,49). The van der Waals surface area contributed by atoms with Crippen molar-refractivity contribution in [3.05, 3.63) is 193 Å². The van der Waals surface area contributed by atoms with Crippen LogP contribution in [0.3, 0.4) is 0 Å².